The summed E-state index contributed by atoms with van der Waals surface area (Å²) >= 11 is 0. The average Bonchev–Trinajstić information content (AvgIpc) is 2.72. The van der Waals surface area contributed by atoms with E-state index in [4.69, 9.17) is 4.74 Å². The van der Waals surface area contributed by atoms with Crippen LogP contribution in [0.5, 0.6) is 5.75 Å². The molecule has 1 N–H and O–H groups in total. The minimum atomic E-state index is -0.00198. The van der Waals surface area contributed by atoms with Gasteiger partial charge < -0.3 is 10.1 Å². The van der Waals surface area contributed by atoms with Gasteiger partial charge in [0.15, 0.2) is 6.61 Å². The van der Waals surface area contributed by atoms with E-state index in [0.717, 1.165) is 24.3 Å². The van der Waals surface area contributed by atoms with E-state index in [2.05, 4.69) is 23.2 Å². The summed E-state index contributed by atoms with van der Waals surface area (Å²) in [6.45, 7) is 5.36. The van der Waals surface area contributed by atoms with Crippen molar-refractivity contribution < 1.29 is 9.53 Å². The third-order valence-electron chi connectivity index (χ3n) is 6.14. The summed E-state index contributed by atoms with van der Waals surface area (Å²) in [5.41, 5.74) is 1.33. The first-order valence-electron chi connectivity index (χ1n) is 10.5. The Morgan fingerprint density at radius 3 is 2.50 bits per heavy atom. The summed E-state index contributed by atoms with van der Waals surface area (Å²) in [6.07, 6.45) is 11.2. The minimum absolute atomic E-state index is 0.00198. The van der Waals surface area contributed by atoms with E-state index in [-0.39, 0.29) is 18.1 Å². The highest BCUT2D eigenvalue weighted by atomic mass is 16.5. The van der Waals surface area contributed by atoms with Gasteiger partial charge in [0, 0.05) is 12.1 Å². The van der Waals surface area contributed by atoms with Gasteiger partial charge in [-0.25, -0.2) is 0 Å². The van der Waals surface area contributed by atoms with E-state index in [9.17, 15) is 4.79 Å². The van der Waals surface area contributed by atoms with E-state index in [1.807, 2.05) is 18.2 Å². The first-order chi connectivity index (χ1) is 12.7. The number of hydrogen-bond acceptors (Lipinski definition) is 3. The molecule has 0 atom stereocenters. The van der Waals surface area contributed by atoms with Crippen molar-refractivity contribution in [3.63, 3.8) is 0 Å². The maximum absolute atomic E-state index is 12.4. The van der Waals surface area contributed by atoms with Crippen LogP contribution in [0.1, 0.15) is 63.9 Å². The summed E-state index contributed by atoms with van der Waals surface area (Å²) < 4.78 is 5.78. The van der Waals surface area contributed by atoms with Gasteiger partial charge in [-0.15, -0.1) is 0 Å². The van der Waals surface area contributed by atoms with E-state index in [1.54, 1.807) is 0 Å². The number of ether oxygens (including phenoxy) is 1. The molecule has 2 fully saturated rings. The Hall–Kier alpha value is -1.55. The molecule has 1 aliphatic carbocycles. The molecular formula is C22H34N2O2. The van der Waals surface area contributed by atoms with Crippen molar-refractivity contribution in [2.24, 2.45) is 0 Å². The summed E-state index contributed by atoms with van der Waals surface area (Å²) in [7, 11) is 0. The normalized spacial score (nSPS) is 20.5. The number of aryl methyl sites for hydroxylation is 1. The zero-order valence-corrected chi connectivity index (χ0v) is 16.3. The van der Waals surface area contributed by atoms with Gasteiger partial charge in [0.05, 0.1) is 0 Å². The van der Waals surface area contributed by atoms with Crippen LogP contribution in [-0.4, -0.2) is 42.6 Å². The highest BCUT2D eigenvalue weighted by Gasteiger charge is 2.38. The largest absolute Gasteiger partial charge is 0.483 e. The Bertz CT molecular complexity index is 575. The highest BCUT2D eigenvalue weighted by molar-refractivity contribution is 5.77. The molecule has 1 saturated heterocycles. The summed E-state index contributed by atoms with van der Waals surface area (Å²) in [4.78, 5) is 15.1. The number of hydrogen-bond donors (Lipinski definition) is 1. The third-order valence-corrected chi connectivity index (χ3v) is 6.14. The van der Waals surface area contributed by atoms with Crippen LogP contribution in [0.15, 0.2) is 24.3 Å². The number of carbonyl (C=O) groups excluding carboxylic acids is 1. The van der Waals surface area contributed by atoms with Crippen molar-refractivity contribution in [3.8, 4) is 5.75 Å². The lowest BCUT2D eigenvalue weighted by molar-refractivity contribution is -0.124. The molecule has 3 rings (SSSR count). The Balaban J connectivity index is 1.54. The van der Waals surface area contributed by atoms with Crippen LogP contribution in [-0.2, 0) is 11.2 Å². The first kappa shape index (κ1) is 19.2. The lowest BCUT2D eigenvalue weighted by Crippen LogP contribution is -2.58. The van der Waals surface area contributed by atoms with Crippen molar-refractivity contribution in [1.82, 2.24) is 10.2 Å². The predicted octanol–water partition coefficient (Wildman–Crippen LogP) is 3.93. The molecule has 4 nitrogen and oxygen atoms in total. The molecule has 144 valence electrons. The molecule has 0 radical (unpaired) electrons. The maximum Gasteiger partial charge on any atom is 0.258 e. The van der Waals surface area contributed by atoms with Gasteiger partial charge in [0.25, 0.3) is 5.91 Å². The minimum Gasteiger partial charge on any atom is -0.483 e. The van der Waals surface area contributed by atoms with E-state index in [0.29, 0.717) is 0 Å². The fourth-order valence-corrected chi connectivity index (χ4v) is 4.58. The number of nitrogens with one attached hydrogen (secondary N) is 1. The van der Waals surface area contributed by atoms with Crippen molar-refractivity contribution in [2.75, 3.05) is 26.2 Å². The Kier molecular flexibility index (Phi) is 6.95. The first-order valence-corrected chi connectivity index (χ1v) is 10.5. The second-order valence-electron chi connectivity index (χ2n) is 7.86. The number of carbonyl (C=O) groups is 1. The van der Waals surface area contributed by atoms with Crippen LogP contribution >= 0.6 is 0 Å². The zero-order valence-electron chi connectivity index (χ0n) is 16.3. The molecule has 1 aromatic rings. The third kappa shape index (κ3) is 4.79. The molecule has 1 aliphatic heterocycles. The summed E-state index contributed by atoms with van der Waals surface area (Å²) in [5.74, 6) is 0.825. The molecule has 0 spiro atoms. The van der Waals surface area contributed by atoms with Gasteiger partial charge in [-0.2, -0.15) is 0 Å². The second-order valence-corrected chi connectivity index (χ2v) is 7.86. The quantitative estimate of drug-likeness (QED) is 0.803. The summed E-state index contributed by atoms with van der Waals surface area (Å²) in [5, 5.41) is 3.19. The fourth-order valence-electron chi connectivity index (χ4n) is 4.58. The number of amides is 1. The van der Waals surface area contributed by atoms with Crippen molar-refractivity contribution in [1.29, 1.82) is 0 Å². The number of piperidine rings is 1. The fraction of sp³-hybridized carbons (Fsp3) is 0.682. The molecule has 0 bridgehead atoms. The maximum atomic E-state index is 12.4. The number of nitrogens with zero attached hydrogens (tertiary/aromatic N) is 1. The SMILES string of the molecule is CCc1ccccc1OCC(=O)NCC1(N2CCCCC2)CCCCC1. The van der Waals surface area contributed by atoms with Crippen LogP contribution in [0.3, 0.4) is 0 Å². The molecule has 1 heterocycles. The Labute approximate surface area is 158 Å². The Morgan fingerprint density at radius 2 is 1.77 bits per heavy atom. The van der Waals surface area contributed by atoms with E-state index >= 15 is 0 Å². The second kappa shape index (κ2) is 9.40. The molecule has 1 amide bonds. The van der Waals surface area contributed by atoms with E-state index < -0.39 is 0 Å². The van der Waals surface area contributed by atoms with Crippen LogP contribution in [0, 0.1) is 0 Å². The van der Waals surface area contributed by atoms with Gasteiger partial charge in [-0.1, -0.05) is 50.8 Å². The lowest BCUT2D eigenvalue weighted by atomic mass is 9.79. The molecule has 0 unspecified atom stereocenters. The van der Waals surface area contributed by atoms with Crippen molar-refractivity contribution in [3.05, 3.63) is 29.8 Å². The van der Waals surface area contributed by atoms with Crippen molar-refractivity contribution in [2.45, 2.75) is 70.3 Å². The molecule has 26 heavy (non-hydrogen) atoms. The molecule has 0 aromatic heterocycles. The number of likely N-dealkylation sites (tertiary alicyclic amines) is 1. The van der Waals surface area contributed by atoms with Gasteiger partial charge in [-0.3, -0.25) is 9.69 Å². The Morgan fingerprint density at radius 1 is 1.08 bits per heavy atom. The topological polar surface area (TPSA) is 41.6 Å². The zero-order chi connectivity index (χ0) is 18.2. The summed E-state index contributed by atoms with van der Waals surface area (Å²) in [6, 6.07) is 7.97. The predicted molar refractivity (Wildman–Crippen MR) is 106 cm³/mol. The standard InChI is InChI=1S/C22H34N2O2/c1-2-19-11-5-6-12-20(19)26-17-21(25)23-18-22(13-7-3-8-14-22)24-15-9-4-10-16-24/h5-6,11-12H,2-4,7-10,13-18H2,1H3,(H,23,25). The van der Waals surface area contributed by atoms with Gasteiger partial charge >= 0.3 is 0 Å². The molecular weight excluding hydrogens is 324 g/mol. The van der Waals surface area contributed by atoms with Crippen LogP contribution in [0.4, 0.5) is 0 Å². The van der Waals surface area contributed by atoms with Gasteiger partial charge in [0.1, 0.15) is 5.75 Å². The number of rotatable bonds is 7. The molecule has 4 heteroatoms. The van der Waals surface area contributed by atoms with Gasteiger partial charge in [-0.05, 0) is 56.8 Å². The van der Waals surface area contributed by atoms with Crippen LogP contribution in [0.2, 0.25) is 0 Å². The molecule has 1 saturated carbocycles. The number of benzene rings is 1. The van der Waals surface area contributed by atoms with Crippen LogP contribution in [0.25, 0.3) is 0 Å². The number of para-hydroxylation sites is 1. The monoisotopic (exact) mass is 358 g/mol. The molecule has 1 aromatic carbocycles. The lowest BCUT2D eigenvalue weighted by Gasteiger charge is -2.48. The van der Waals surface area contributed by atoms with Gasteiger partial charge in [0.2, 0.25) is 0 Å². The highest BCUT2D eigenvalue weighted by Crippen LogP contribution is 2.35. The molecule has 2 aliphatic rings. The van der Waals surface area contributed by atoms with Crippen LogP contribution < -0.4 is 10.1 Å². The smallest absolute Gasteiger partial charge is 0.258 e. The average molecular weight is 359 g/mol. The van der Waals surface area contributed by atoms with E-state index in [1.165, 1.54) is 64.5 Å². The van der Waals surface area contributed by atoms with Crippen molar-refractivity contribution >= 4 is 5.91 Å².